The van der Waals surface area contributed by atoms with Gasteiger partial charge in [-0.1, -0.05) is 30.3 Å². The first kappa shape index (κ1) is 20.9. The Bertz CT molecular complexity index is 1090. The Labute approximate surface area is 177 Å². The van der Waals surface area contributed by atoms with E-state index in [1.54, 1.807) is 0 Å². The van der Waals surface area contributed by atoms with Crippen molar-refractivity contribution in [3.8, 4) is 11.5 Å². The molecule has 30 heavy (non-hydrogen) atoms. The zero-order valence-corrected chi connectivity index (χ0v) is 16.4. The smallest absolute Gasteiger partial charge is 0.267 e. The van der Waals surface area contributed by atoms with Crippen LogP contribution < -0.4 is 21.1 Å². The van der Waals surface area contributed by atoms with E-state index in [0.717, 1.165) is 5.56 Å². The van der Waals surface area contributed by atoms with Gasteiger partial charge in [0.05, 0.1) is 6.42 Å². The van der Waals surface area contributed by atoms with Crippen molar-refractivity contribution in [2.24, 2.45) is 5.73 Å². The minimum atomic E-state index is -0.719. The maximum atomic E-state index is 14.4. The summed E-state index contributed by atoms with van der Waals surface area (Å²) >= 11 is 5.10. The van der Waals surface area contributed by atoms with Gasteiger partial charge in [-0.3, -0.25) is 14.6 Å². The SMILES string of the molecule is NC(=O)c1cc(Oc2ccc(NC(=S)NC(=O)Cc3ccccc3)cc2F)ccn1. The van der Waals surface area contributed by atoms with Crippen LogP contribution in [-0.2, 0) is 11.2 Å². The van der Waals surface area contributed by atoms with Crippen molar-refractivity contribution in [1.82, 2.24) is 10.3 Å². The Hall–Kier alpha value is -3.85. The molecule has 2 aromatic carbocycles. The van der Waals surface area contributed by atoms with E-state index >= 15 is 0 Å². The van der Waals surface area contributed by atoms with Crippen LogP contribution in [0.1, 0.15) is 16.1 Å². The number of thiocarbonyl (C=S) groups is 1. The van der Waals surface area contributed by atoms with E-state index in [-0.39, 0.29) is 34.6 Å². The molecular formula is C21H17FN4O3S. The number of nitrogens with two attached hydrogens (primary N) is 1. The molecule has 0 aliphatic rings. The third-order valence-electron chi connectivity index (χ3n) is 3.86. The molecule has 0 bridgehead atoms. The standard InChI is InChI=1S/C21H17FN4O3S/c22-16-11-14(25-21(30)26-19(27)10-13-4-2-1-3-5-13)6-7-18(16)29-15-8-9-24-17(12-15)20(23)28/h1-9,11-12H,10H2,(H2,23,28)(H2,25,26,27,30). The molecule has 0 saturated carbocycles. The highest BCUT2D eigenvalue weighted by atomic mass is 32.1. The molecule has 3 aromatic rings. The third kappa shape index (κ3) is 5.82. The van der Waals surface area contributed by atoms with Crippen LogP contribution in [-0.4, -0.2) is 21.9 Å². The van der Waals surface area contributed by atoms with E-state index in [1.165, 1.54) is 36.5 Å². The summed E-state index contributed by atoms with van der Waals surface area (Å²) in [5.74, 6) is -1.54. The number of carbonyl (C=O) groups is 2. The second kappa shape index (κ2) is 9.57. The zero-order chi connectivity index (χ0) is 21.5. The lowest BCUT2D eigenvalue weighted by atomic mass is 10.1. The van der Waals surface area contributed by atoms with Crippen LogP contribution in [0.25, 0.3) is 0 Å². The van der Waals surface area contributed by atoms with Gasteiger partial charge in [0, 0.05) is 24.0 Å². The van der Waals surface area contributed by atoms with Gasteiger partial charge in [-0.25, -0.2) is 4.39 Å². The summed E-state index contributed by atoms with van der Waals surface area (Å²) in [4.78, 5) is 27.0. The Morgan fingerprint density at radius 2 is 1.87 bits per heavy atom. The van der Waals surface area contributed by atoms with Gasteiger partial charge >= 0.3 is 0 Å². The van der Waals surface area contributed by atoms with Gasteiger partial charge in [0.25, 0.3) is 5.91 Å². The zero-order valence-electron chi connectivity index (χ0n) is 15.6. The lowest BCUT2D eigenvalue weighted by molar-refractivity contribution is -0.119. The summed E-state index contributed by atoms with van der Waals surface area (Å²) in [7, 11) is 0. The van der Waals surface area contributed by atoms with Crippen LogP contribution in [0.15, 0.2) is 66.9 Å². The molecule has 1 heterocycles. The number of aromatic nitrogens is 1. The van der Waals surface area contributed by atoms with Crippen LogP contribution in [0.2, 0.25) is 0 Å². The van der Waals surface area contributed by atoms with E-state index in [0.29, 0.717) is 5.69 Å². The average molecular weight is 424 g/mol. The van der Waals surface area contributed by atoms with E-state index in [4.69, 9.17) is 22.7 Å². The number of nitrogens with zero attached hydrogens (tertiary/aromatic N) is 1. The van der Waals surface area contributed by atoms with Gasteiger partial charge in [0.1, 0.15) is 11.4 Å². The van der Waals surface area contributed by atoms with Gasteiger partial charge in [0.2, 0.25) is 5.91 Å². The predicted octanol–water partition coefficient (Wildman–Crippen LogP) is 3.17. The number of nitrogens with one attached hydrogen (secondary N) is 2. The molecule has 4 N–H and O–H groups in total. The third-order valence-corrected chi connectivity index (χ3v) is 4.07. The van der Waals surface area contributed by atoms with E-state index < -0.39 is 11.7 Å². The number of benzene rings is 2. The highest BCUT2D eigenvalue weighted by Crippen LogP contribution is 2.26. The molecular weight excluding hydrogens is 407 g/mol. The number of hydrogen-bond acceptors (Lipinski definition) is 5. The molecule has 0 spiro atoms. The summed E-state index contributed by atoms with van der Waals surface area (Å²) in [5, 5.41) is 5.34. The van der Waals surface area contributed by atoms with Crippen LogP contribution in [0.4, 0.5) is 10.1 Å². The van der Waals surface area contributed by atoms with Gasteiger partial charge in [-0.2, -0.15) is 0 Å². The summed E-state index contributed by atoms with van der Waals surface area (Å²) in [6, 6.07) is 16.1. The average Bonchev–Trinajstić information content (AvgIpc) is 2.71. The fraction of sp³-hybridized carbons (Fsp3) is 0.0476. The van der Waals surface area contributed by atoms with Crippen molar-refractivity contribution in [2.45, 2.75) is 6.42 Å². The molecule has 1 aromatic heterocycles. The number of pyridine rings is 1. The Kier molecular flexibility index (Phi) is 6.66. The molecule has 9 heteroatoms. The number of halogens is 1. The highest BCUT2D eigenvalue weighted by molar-refractivity contribution is 7.80. The predicted molar refractivity (Wildman–Crippen MR) is 114 cm³/mol. The molecule has 0 aliphatic carbocycles. The van der Waals surface area contributed by atoms with Crippen LogP contribution in [0, 0.1) is 5.82 Å². The number of hydrogen-bond donors (Lipinski definition) is 3. The maximum absolute atomic E-state index is 14.4. The monoisotopic (exact) mass is 424 g/mol. The number of primary amides is 1. The second-order valence-electron chi connectivity index (χ2n) is 6.15. The quantitative estimate of drug-likeness (QED) is 0.525. The summed E-state index contributed by atoms with van der Waals surface area (Å²) in [6.45, 7) is 0. The molecule has 0 fully saturated rings. The van der Waals surface area contributed by atoms with E-state index in [9.17, 15) is 14.0 Å². The second-order valence-corrected chi connectivity index (χ2v) is 6.56. The van der Waals surface area contributed by atoms with Crippen molar-refractivity contribution >= 4 is 34.8 Å². The highest BCUT2D eigenvalue weighted by Gasteiger charge is 2.11. The van der Waals surface area contributed by atoms with Gasteiger partial charge in [-0.05, 0) is 36.0 Å². The first-order valence-corrected chi connectivity index (χ1v) is 9.19. The van der Waals surface area contributed by atoms with Crippen LogP contribution in [0.5, 0.6) is 11.5 Å². The van der Waals surface area contributed by atoms with Gasteiger partial charge < -0.3 is 21.1 Å². The molecule has 0 unspecified atom stereocenters. The lowest BCUT2D eigenvalue weighted by Gasteiger charge is -2.12. The lowest BCUT2D eigenvalue weighted by Crippen LogP contribution is -2.35. The van der Waals surface area contributed by atoms with E-state index in [2.05, 4.69) is 15.6 Å². The molecule has 0 radical (unpaired) electrons. The Morgan fingerprint density at radius 1 is 1.10 bits per heavy atom. The molecule has 0 aliphatic heterocycles. The van der Waals surface area contributed by atoms with Crippen molar-refractivity contribution < 1.29 is 18.7 Å². The van der Waals surface area contributed by atoms with Gasteiger partial charge in [0.15, 0.2) is 16.7 Å². The minimum Gasteiger partial charge on any atom is -0.454 e. The summed E-state index contributed by atoms with van der Waals surface area (Å²) < 4.78 is 19.8. The molecule has 0 atom stereocenters. The van der Waals surface area contributed by atoms with Crippen LogP contribution in [0.3, 0.4) is 0 Å². The number of rotatable bonds is 6. The normalized spacial score (nSPS) is 10.2. The molecule has 0 saturated heterocycles. The number of amides is 2. The first-order valence-electron chi connectivity index (χ1n) is 8.79. The fourth-order valence-electron chi connectivity index (χ4n) is 2.51. The molecule has 152 valence electrons. The molecule has 7 nitrogen and oxygen atoms in total. The van der Waals surface area contributed by atoms with E-state index in [1.807, 2.05) is 30.3 Å². The van der Waals surface area contributed by atoms with Crippen molar-refractivity contribution in [1.29, 1.82) is 0 Å². The molecule has 2 amide bonds. The number of anilines is 1. The first-order chi connectivity index (χ1) is 14.4. The summed E-state index contributed by atoms with van der Waals surface area (Å²) in [6.07, 6.45) is 1.50. The van der Waals surface area contributed by atoms with Crippen molar-refractivity contribution in [2.75, 3.05) is 5.32 Å². The van der Waals surface area contributed by atoms with Crippen molar-refractivity contribution in [3.63, 3.8) is 0 Å². The largest absolute Gasteiger partial charge is 0.454 e. The van der Waals surface area contributed by atoms with Crippen LogP contribution >= 0.6 is 12.2 Å². The minimum absolute atomic E-state index is 0.00258. The topological polar surface area (TPSA) is 106 Å². The number of ether oxygens (including phenoxy) is 1. The number of carbonyl (C=O) groups excluding carboxylic acids is 2. The maximum Gasteiger partial charge on any atom is 0.267 e. The fourth-order valence-corrected chi connectivity index (χ4v) is 2.74. The summed E-state index contributed by atoms with van der Waals surface area (Å²) in [5.41, 5.74) is 6.35. The Morgan fingerprint density at radius 3 is 2.57 bits per heavy atom. The van der Waals surface area contributed by atoms with Crippen molar-refractivity contribution in [3.05, 3.63) is 83.9 Å². The Balaban J connectivity index is 1.59. The van der Waals surface area contributed by atoms with Gasteiger partial charge in [-0.15, -0.1) is 0 Å². The molecule has 3 rings (SSSR count).